The molecule has 3 heterocycles. The highest BCUT2D eigenvalue weighted by atomic mass is 16.5. The van der Waals surface area contributed by atoms with E-state index in [-0.39, 0.29) is 31.0 Å². The van der Waals surface area contributed by atoms with Crippen molar-refractivity contribution in [3.05, 3.63) is 109 Å². The minimum Gasteiger partial charge on any atom is -0.488 e. The highest BCUT2D eigenvalue weighted by Crippen LogP contribution is 2.45. The topological polar surface area (TPSA) is 193 Å². The van der Waals surface area contributed by atoms with E-state index in [0.717, 1.165) is 30.2 Å². The molecule has 6 atom stereocenters. The van der Waals surface area contributed by atoms with E-state index >= 15 is 4.79 Å². The number of hydrogen-bond donors (Lipinski definition) is 4. The van der Waals surface area contributed by atoms with E-state index in [1.54, 1.807) is 18.2 Å². The Labute approximate surface area is 365 Å². The summed E-state index contributed by atoms with van der Waals surface area (Å²) in [5.41, 5.74) is 1.07. The second-order valence-corrected chi connectivity index (χ2v) is 18.1. The number of aromatic nitrogens is 3. The largest absolute Gasteiger partial charge is 0.488 e. The molecule has 3 aliphatic rings. The molecule has 1 saturated heterocycles. The summed E-state index contributed by atoms with van der Waals surface area (Å²) in [4.78, 5) is 85.6. The van der Waals surface area contributed by atoms with Crippen LogP contribution in [0.15, 0.2) is 104 Å². The van der Waals surface area contributed by atoms with E-state index in [2.05, 4.69) is 32.5 Å². The van der Waals surface area contributed by atoms with E-state index in [1.165, 1.54) is 17.2 Å². The third-order valence-electron chi connectivity index (χ3n) is 12.7. The Morgan fingerprint density at radius 1 is 0.889 bits per heavy atom. The Kier molecular flexibility index (Phi) is 12.0. The molecule has 0 radical (unpaired) electrons. The Bertz CT molecular complexity index is 2570. The van der Waals surface area contributed by atoms with Crippen molar-refractivity contribution in [3.8, 4) is 17.0 Å². The number of likely N-dealkylation sites (tertiary alicyclic amines) is 1. The zero-order valence-electron chi connectivity index (χ0n) is 35.8. The van der Waals surface area contributed by atoms with Gasteiger partial charge in [0.1, 0.15) is 41.2 Å². The highest BCUT2D eigenvalue weighted by molar-refractivity contribution is 6.00. The molecule has 2 aliphatic carbocycles. The van der Waals surface area contributed by atoms with Gasteiger partial charge in [0.15, 0.2) is 0 Å². The molecule has 1 unspecified atom stereocenters. The van der Waals surface area contributed by atoms with Gasteiger partial charge in [0.05, 0.1) is 35.0 Å². The molecule has 2 aromatic heterocycles. The summed E-state index contributed by atoms with van der Waals surface area (Å²) in [6.07, 6.45) is 6.60. The second kappa shape index (κ2) is 17.6. The SMILES string of the molecule is C=CC1C[C@]1(NC(=O)[C@@H]1C[C@@H](Oc2cc(-c3ccccc3)nc3ccccc23)CN1C(=O)[C@@H](NC(=O)[C@@H](NC(=O)c1cnc2ccccc2n1)C1CCCCC1)C(C)(C)C)C(=O)O. The molecular weight excluding hydrogens is 799 g/mol. The molecule has 14 heteroatoms. The molecular formula is C49H53N7O7. The lowest BCUT2D eigenvalue weighted by molar-refractivity contribution is -0.147. The predicted molar refractivity (Wildman–Crippen MR) is 237 cm³/mol. The van der Waals surface area contributed by atoms with Crippen molar-refractivity contribution in [1.29, 1.82) is 0 Å². The number of pyridine rings is 1. The first-order valence-electron chi connectivity index (χ1n) is 21.7. The molecule has 0 spiro atoms. The number of rotatable bonds is 13. The van der Waals surface area contributed by atoms with E-state index < -0.39 is 70.7 Å². The van der Waals surface area contributed by atoms with Gasteiger partial charge in [-0.2, -0.15) is 0 Å². The Hall–Kier alpha value is -6.70. The Morgan fingerprint density at radius 3 is 2.25 bits per heavy atom. The van der Waals surface area contributed by atoms with Crippen LogP contribution in [0, 0.1) is 17.3 Å². The van der Waals surface area contributed by atoms with Gasteiger partial charge in [-0.1, -0.05) is 101 Å². The van der Waals surface area contributed by atoms with Crippen molar-refractivity contribution in [2.75, 3.05) is 6.54 Å². The van der Waals surface area contributed by atoms with Gasteiger partial charge in [0.25, 0.3) is 5.91 Å². The van der Waals surface area contributed by atoms with Crippen LogP contribution in [0.25, 0.3) is 33.2 Å². The maximum absolute atomic E-state index is 15.1. The second-order valence-electron chi connectivity index (χ2n) is 18.1. The van der Waals surface area contributed by atoms with Crippen LogP contribution in [-0.4, -0.2) is 90.9 Å². The van der Waals surface area contributed by atoms with Crippen LogP contribution in [0.3, 0.4) is 0 Å². The van der Waals surface area contributed by atoms with Crippen LogP contribution >= 0.6 is 0 Å². The molecule has 8 rings (SSSR count). The molecule has 4 N–H and O–H groups in total. The van der Waals surface area contributed by atoms with Crippen LogP contribution in [0.2, 0.25) is 0 Å². The average Bonchev–Trinajstić information content (AvgIpc) is 3.85. The first kappa shape index (κ1) is 43.0. The van der Waals surface area contributed by atoms with Gasteiger partial charge in [-0.25, -0.2) is 14.8 Å². The normalized spacial score (nSPS) is 22.1. The quantitative estimate of drug-likeness (QED) is 0.0985. The molecule has 14 nitrogen and oxygen atoms in total. The lowest BCUT2D eigenvalue weighted by Gasteiger charge is -2.37. The summed E-state index contributed by atoms with van der Waals surface area (Å²) in [6.45, 7) is 9.18. The average molecular weight is 852 g/mol. The maximum atomic E-state index is 15.1. The standard InChI is InChI=1S/C49H53N7O7/c1-5-31-26-49(31,47(61)62)55-44(58)39-24-32(63-40-25-37(29-16-8-6-9-17-29)51-34-21-13-12-20-33(34)40)28-56(39)46(60)42(48(2,3)4)54-45(59)41(30-18-10-7-11-19-30)53-43(57)38-27-50-35-22-14-15-23-36(35)52-38/h5-6,8-9,12-17,20-23,25,27,30-32,39,41-42H,1,7,10-11,18-19,24,26,28H2,2-4H3,(H,53,57)(H,54,59)(H,55,58)(H,61,62)/t31?,32-,39+,41+,42-,49-/m1/s1. The van der Waals surface area contributed by atoms with Gasteiger partial charge >= 0.3 is 5.97 Å². The Balaban J connectivity index is 1.09. The van der Waals surface area contributed by atoms with Gasteiger partial charge in [0, 0.05) is 29.4 Å². The van der Waals surface area contributed by atoms with Crippen LogP contribution < -0.4 is 20.7 Å². The number of carboxylic acids is 1. The monoisotopic (exact) mass is 851 g/mol. The smallest absolute Gasteiger partial charge is 0.330 e. The first-order chi connectivity index (χ1) is 30.3. The van der Waals surface area contributed by atoms with Crippen LogP contribution in [0.5, 0.6) is 5.75 Å². The fourth-order valence-corrected chi connectivity index (χ4v) is 9.06. The number of carboxylic acid groups (broad SMARTS) is 1. The number of aliphatic carboxylic acids is 1. The summed E-state index contributed by atoms with van der Waals surface area (Å²) in [6, 6.07) is 23.0. The molecule has 3 aromatic carbocycles. The molecule has 0 bridgehead atoms. The molecule has 5 aromatic rings. The van der Waals surface area contributed by atoms with Crippen molar-refractivity contribution in [2.45, 2.75) is 95.5 Å². The molecule has 63 heavy (non-hydrogen) atoms. The number of benzene rings is 3. The Morgan fingerprint density at radius 2 is 1.57 bits per heavy atom. The molecule has 326 valence electrons. The van der Waals surface area contributed by atoms with Crippen molar-refractivity contribution >= 4 is 51.5 Å². The third kappa shape index (κ3) is 8.98. The van der Waals surface area contributed by atoms with Crippen LogP contribution in [0.1, 0.15) is 76.2 Å². The summed E-state index contributed by atoms with van der Waals surface area (Å²) < 4.78 is 6.73. The van der Waals surface area contributed by atoms with Crippen molar-refractivity contribution in [3.63, 3.8) is 0 Å². The van der Waals surface area contributed by atoms with E-state index in [0.29, 0.717) is 40.8 Å². The van der Waals surface area contributed by atoms with Gasteiger partial charge in [-0.3, -0.25) is 24.2 Å². The van der Waals surface area contributed by atoms with Crippen LogP contribution in [0.4, 0.5) is 0 Å². The number of fused-ring (bicyclic) bond motifs is 2. The van der Waals surface area contributed by atoms with Crippen molar-refractivity contribution in [1.82, 2.24) is 35.8 Å². The fraction of sp³-hybridized carbons (Fsp3) is 0.388. The lowest BCUT2D eigenvalue weighted by atomic mass is 9.82. The van der Waals surface area contributed by atoms with Crippen LogP contribution in [-0.2, 0) is 19.2 Å². The number of carbonyl (C=O) groups excluding carboxylic acids is 4. The maximum Gasteiger partial charge on any atom is 0.330 e. The predicted octanol–water partition coefficient (Wildman–Crippen LogP) is 6.25. The number of hydrogen-bond acceptors (Lipinski definition) is 9. The van der Waals surface area contributed by atoms with Gasteiger partial charge in [-0.15, -0.1) is 6.58 Å². The van der Waals surface area contributed by atoms with E-state index in [4.69, 9.17) is 9.72 Å². The minimum atomic E-state index is -1.54. The van der Waals surface area contributed by atoms with Gasteiger partial charge in [-0.05, 0) is 54.9 Å². The molecule has 1 aliphatic heterocycles. The summed E-state index contributed by atoms with van der Waals surface area (Å²) in [5.74, 6) is -3.63. The fourth-order valence-electron chi connectivity index (χ4n) is 9.06. The number of para-hydroxylation sites is 3. The number of nitrogens with zero attached hydrogens (tertiary/aromatic N) is 4. The third-order valence-corrected chi connectivity index (χ3v) is 12.7. The minimum absolute atomic E-state index is 0.0366. The zero-order valence-corrected chi connectivity index (χ0v) is 35.8. The molecule has 3 fully saturated rings. The summed E-state index contributed by atoms with van der Waals surface area (Å²) in [7, 11) is 0. The number of amides is 4. The molecule has 2 saturated carbocycles. The summed E-state index contributed by atoms with van der Waals surface area (Å²) in [5, 5.41) is 19.7. The number of carbonyl (C=O) groups is 5. The van der Waals surface area contributed by atoms with Crippen molar-refractivity contribution < 1.29 is 33.8 Å². The van der Waals surface area contributed by atoms with E-state index in [9.17, 15) is 24.3 Å². The zero-order chi connectivity index (χ0) is 44.5. The van der Waals surface area contributed by atoms with E-state index in [1.807, 2.05) is 87.5 Å². The summed E-state index contributed by atoms with van der Waals surface area (Å²) >= 11 is 0. The number of nitrogens with one attached hydrogen (secondary N) is 3. The highest BCUT2D eigenvalue weighted by Gasteiger charge is 2.61. The van der Waals surface area contributed by atoms with Gasteiger partial charge in [0.2, 0.25) is 17.7 Å². The molecule has 4 amide bonds. The van der Waals surface area contributed by atoms with Gasteiger partial charge < -0.3 is 30.7 Å². The van der Waals surface area contributed by atoms with Crippen molar-refractivity contribution in [2.24, 2.45) is 17.3 Å². The number of ether oxygens (including phenoxy) is 1. The first-order valence-corrected chi connectivity index (χ1v) is 21.7. The lowest BCUT2D eigenvalue weighted by Crippen LogP contribution is -2.62.